The van der Waals surface area contributed by atoms with Gasteiger partial charge in [0, 0.05) is 24.3 Å². The van der Waals surface area contributed by atoms with Crippen molar-refractivity contribution in [1.82, 2.24) is 0 Å². The number of methoxy groups -OCH3 is 3. The lowest BCUT2D eigenvalue weighted by Gasteiger charge is -2.41. The van der Waals surface area contributed by atoms with E-state index in [1.807, 2.05) is 12.1 Å². The lowest BCUT2D eigenvalue weighted by Crippen LogP contribution is -2.35. The fourth-order valence-electron chi connectivity index (χ4n) is 2.69. The van der Waals surface area contributed by atoms with Crippen molar-refractivity contribution in [2.75, 3.05) is 27.9 Å². The first-order valence-corrected chi connectivity index (χ1v) is 6.58. The maximum absolute atomic E-state index is 9.62. The number of rotatable bonds is 6. The zero-order valence-corrected chi connectivity index (χ0v) is 11.9. The number of benzene rings is 1. The van der Waals surface area contributed by atoms with Gasteiger partial charge in [0.2, 0.25) is 0 Å². The summed E-state index contributed by atoms with van der Waals surface area (Å²) in [5.41, 5.74) is 1.01. The topological polar surface area (TPSA) is 47.9 Å². The minimum absolute atomic E-state index is 0.00481. The van der Waals surface area contributed by atoms with Gasteiger partial charge in [0.25, 0.3) is 0 Å². The summed E-state index contributed by atoms with van der Waals surface area (Å²) in [6.07, 6.45) is 4.07. The van der Waals surface area contributed by atoms with Crippen LogP contribution in [0.4, 0.5) is 0 Å². The third-order valence-electron chi connectivity index (χ3n) is 4.12. The molecule has 19 heavy (non-hydrogen) atoms. The molecule has 0 bridgehead atoms. The molecule has 0 saturated heterocycles. The van der Waals surface area contributed by atoms with Crippen molar-refractivity contribution in [2.45, 2.75) is 25.7 Å². The van der Waals surface area contributed by atoms with Gasteiger partial charge >= 0.3 is 0 Å². The molecule has 0 aromatic heterocycles. The lowest BCUT2D eigenvalue weighted by molar-refractivity contribution is 0.0439. The van der Waals surface area contributed by atoms with Crippen LogP contribution in [0.2, 0.25) is 0 Å². The first-order valence-electron chi connectivity index (χ1n) is 6.58. The van der Waals surface area contributed by atoms with E-state index in [1.165, 1.54) is 6.42 Å². The van der Waals surface area contributed by atoms with Crippen LogP contribution in [0.5, 0.6) is 17.2 Å². The molecule has 4 heteroatoms. The van der Waals surface area contributed by atoms with Crippen molar-refractivity contribution in [2.24, 2.45) is 5.41 Å². The van der Waals surface area contributed by atoms with Crippen molar-refractivity contribution in [3.05, 3.63) is 17.7 Å². The summed E-state index contributed by atoms with van der Waals surface area (Å²) in [7, 11) is 4.91. The summed E-state index contributed by atoms with van der Waals surface area (Å²) < 4.78 is 16.1. The third kappa shape index (κ3) is 2.63. The van der Waals surface area contributed by atoms with Crippen molar-refractivity contribution in [3.63, 3.8) is 0 Å². The van der Waals surface area contributed by atoms with Gasteiger partial charge in [0.15, 0.2) is 0 Å². The van der Waals surface area contributed by atoms with Crippen LogP contribution in [0.1, 0.15) is 24.8 Å². The molecule has 1 aliphatic carbocycles. The van der Waals surface area contributed by atoms with Crippen LogP contribution in [-0.4, -0.2) is 33.0 Å². The predicted octanol–water partition coefficient (Wildman–Crippen LogP) is 2.42. The number of aliphatic hydroxyl groups is 1. The van der Waals surface area contributed by atoms with Gasteiger partial charge in [-0.3, -0.25) is 0 Å². The average molecular weight is 266 g/mol. The fraction of sp³-hybridized carbons (Fsp3) is 0.600. The standard InChI is InChI=1S/C15H22O4/c1-17-11-7-13(18-2)12(14(8-11)19-3)9-15(10-16)5-4-6-15/h7-8,16H,4-6,9-10H2,1-3H3. The van der Waals surface area contributed by atoms with E-state index in [4.69, 9.17) is 14.2 Å². The quantitative estimate of drug-likeness (QED) is 0.859. The van der Waals surface area contributed by atoms with Gasteiger partial charge < -0.3 is 19.3 Å². The van der Waals surface area contributed by atoms with Gasteiger partial charge in [-0.2, -0.15) is 0 Å². The average Bonchev–Trinajstić information content (AvgIpc) is 2.42. The van der Waals surface area contributed by atoms with Crippen molar-refractivity contribution in [1.29, 1.82) is 0 Å². The molecule has 1 aliphatic rings. The van der Waals surface area contributed by atoms with E-state index in [9.17, 15) is 5.11 Å². The van der Waals surface area contributed by atoms with Gasteiger partial charge in [-0.15, -0.1) is 0 Å². The molecule has 0 unspecified atom stereocenters. The van der Waals surface area contributed by atoms with E-state index in [0.717, 1.165) is 36.3 Å². The molecule has 0 amide bonds. The van der Waals surface area contributed by atoms with Crippen LogP contribution in [0.15, 0.2) is 12.1 Å². The Morgan fingerprint density at radius 3 is 1.95 bits per heavy atom. The van der Waals surface area contributed by atoms with Crippen molar-refractivity contribution < 1.29 is 19.3 Å². The number of aliphatic hydroxyl groups excluding tert-OH is 1. The second-order valence-corrected chi connectivity index (χ2v) is 5.20. The Bertz CT molecular complexity index is 407. The number of ether oxygens (including phenoxy) is 3. The number of hydrogen-bond donors (Lipinski definition) is 1. The van der Waals surface area contributed by atoms with Gasteiger partial charge in [-0.1, -0.05) is 6.42 Å². The highest BCUT2D eigenvalue weighted by atomic mass is 16.5. The van der Waals surface area contributed by atoms with Crippen LogP contribution in [0, 0.1) is 5.41 Å². The minimum atomic E-state index is -0.00481. The van der Waals surface area contributed by atoms with E-state index >= 15 is 0 Å². The molecule has 1 aromatic carbocycles. The molecule has 1 aromatic rings. The molecule has 106 valence electrons. The smallest absolute Gasteiger partial charge is 0.129 e. The Morgan fingerprint density at radius 2 is 1.63 bits per heavy atom. The lowest BCUT2D eigenvalue weighted by atomic mass is 9.66. The summed E-state index contributed by atoms with van der Waals surface area (Å²) in [5, 5.41) is 9.62. The molecular formula is C15H22O4. The van der Waals surface area contributed by atoms with E-state index in [-0.39, 0.29) is 12.0 Å². The van der Waals surface area contributed by atoms with E-state index in [0.29, 0.717) is 5.75 Å². The first kappa shape index (κ1) is 14.0. The zero-order chi connectivity index (χ0) is 13.9. The molecule has 1 saturated carbocycles. The molecule has 2 rings (SSSR count). The van der Waals surface area contributed by atoms with Crippen molar-refractivity contribution in [3.8, 4) is 17.2 Å². The van der Waals surface area contributed by atoms with Gasteiger partial charge in [-0.25, -0.2) is 0 Å². The summed E-state index contributed by atoms with van der Waals surface area (Å²) in [6.45, 7) is 0.214. The zero-order valence-electron chi connectivity index (χ0n) is 11.9. The molecule has 1 N–H and O–H groups in total. The normalized spacial score (nSPS) is 16.6. The van der Waals surface area contributed by atoms with Crippen molar-refractivity contribution >= 4 is 0 Å². The highest BCUT2D eigenvalue weighted by Crippen LogP contribution is 2.47. The summed E-state index contributed by atoms with van der Waals surface area (Å²) in [5.74, 6) is 2.23. The second-order valence-electron chi connectivity index (χ2n) is 5.20. The van der Waals surface area contributed by atoms with Crippen LogP contribution in [0.25, 0.3) is 0 Å². The largest absolute Gasteiger partial charge is 0.496 e. The maximum atomic E-state index is 9.62. The fourth-order valence-corrected chi connectivity index (χ4v) is 2.69. The highest BCUT2D eigenvalue weighted by Gasteiger charge is 2.38. The molecule has 4 nitrogen and oxygen atoms in total. The maximum Gasteiger partial charge on any atom is 0.129 e. The molecule has 0 radical (unpaired) electrons. The van der Waals surface area contributed by atoms with Gasteiger partial charge in [-0.05, 0) is 24.7 Å². The highest BCUT2D eigenvalue weighted by molar-refractivity contribution is 5.51. The Hall–Kier alpha value is -1.42. The molecule has 0 spiro atoms. The Morgan fingerprint density at radius 1 is 1.05 bits per heavy atom. The summed E-state index contributed by atoms with van der Waals surface area (Å²) >= 11 is 0. The van der Waals surface area contributed by atoms with Gasteiger partial charge in [0.1, 0.15) is 17.2 Å². The molecule has 0 heterocycles. The molecular weight excluding hydrogens is 244 g/mol. The minimum Gasteiger partial charge on any atom is -0.496 e. The van der Waals surface area contributed by atoms with E-state index < -0.39 is 0 Å². The van der Waals surface area contributed by atoms with Crippen LogP contribution >= 0.6 is 0 Å². The van der Waals surface area contributed by atoms with Crippen LogP contribution < -0.4 is 14.2 Å². The summed E-state index contributed by atoms with van der Waals surface area (Å²) in [6, 6.07) is 3.73. The van der Waals surface area contributed by atoms with E-state index in [1.54, 1.807) is 21.3 Å². The number of hydrogen-bond acceptors (Lipinski definition) is 4. The van der Waals surface area contributed by atoms with Gasteiger partial charge in [0.05, 0.1) is 21.3 Å². The Balaban J connectivity index is 2.36. The SMILES string of the molecule is COc1cc(OC)c(CC2(CO)CCC2)c(OC)c1. The molecule has 0 aliphatic heterocycles. The Labute approximate surface area is 114 Å². The Kier molecular flexibility index (Phi) is 4.20. The predicted molar refractivity (Wildman–Crippen MR) is 73.2 cm³/mol. The van der Waals surface area contributed by atoms with E-state index in [2.05, 4.69) is 0 Å². The first-order chi connectivity index (χ1) is 9.18. The molecule has 1 fully saturated rings. The third-order valence-corrected chi connectivity index (χ3v) is 4.12. The second kappa shape index (κ2) is 5.70. The van der Waals surface area contributed by atoms with Crippen LogP contribution in [-0.2, 0) is 6.42 Å². The summed E-state index contributed by atoms with van der Waals surface area (Å²) in [4.78, 5) is 0. The monoisotopic (exact) mass is 266 g/mol. The molecule has 0 atom stereocenters. The van der Waals surface area contributed by atoms with Crippen LogP contribution in [0.3, 0.4) is 0 Å².